The van der Waals surface area contributed by atoms with E-state index in [1.165, 1.54) is 25.7 Å². The fraction of sp³-hybridized carbons (Fsp3) is 0.533. The van der Waals surface area contributed by atoms with E-state index in [0.29, 0.717) is 5.75 Å². The van der Waals surface area contributed by atoms with Crippen LogP contribution in [0.2, 0.25) is 0 Å². The van der Waals surface area contributed by atoms with E-state index in [0.717, 1.165) is 22.1 Å². The lowest BCUT2D eigenvalue weighted by Crippen LogP contribution is -2.02. The van der Waals surface area contributed by atoms with Crippen LogP contribution >= 0.6 is 11.8 Å². The highest BCUT2D eigenvalue weighted by Crippen LogP contribution is 2.35. The molecule has 2 nitrogen and oxygen atoms in total. The summed E-state index contributed by atoms with van der Waals surface area (Å²) in [5.41, 5.74) is 0.739. The van der Waals surface area contributed by atoms with Crippen LogP contribution in [-0.4, -0.2) is 18.6 Å². The molecular weight excluding hydrogens is 244 g/mol. The zero-order valence-electron chi connectivity index (χ0n) is 11.1. The molecule has 0 amide bonds. The molecule has 0 bridgehead atoms. The van der Waals surface area contributed by atoms with Gasteiger partial charge in [-0.2, -0.15) is 0 Å². The lowest BCUT2D eigenvalue weighted by atomic mass is 10.1. The molecule has 0 saturated heterocycles. The van der Waals surface area contributed by atoms with Crippen molar-refractivity contribution in [2.24, 2.45) is 5.92 Å². The molecule has 0 atom stereocenters. The van der Waals surface area contributed by atoms with Crippen molar-refractivity contribution in [3.63, 3.8) is 0 Å². The van der Waals surface area contributed by atoms with Crippen LogP contribution in [0.4, 0.5) is 0 Å². The van der Waals surface area contributed by atoms with Gasteiger partial charge in [0, 0.05) is 10.6 Å². The predicted octanol–water partition coefficient (Wildman–Crippen LogP) is 4.18. The summed E-state index contributed by atoms with van der Waals surface area (Å²) in [6.45, 7) is 1.61. The highest BCUT2D eigenvalue weighted by molar-refractivity contribution is 7.99. The van der Waals surface area contributed by atoms with Crippen LogP contribution in [0.1, 0.15) is 43.0 Å². The number of Topliss-reactive ketones (excluding diaryl/α,β-unsaturated/α-hetero) is 1. The van der Waals surface area contributed by atoms with Crippen LogP contribution in [0.25, 0.3) is 0 Å². The van der Waals surface area contributed by atoms with Crippen molar-refractivity contribution >= 4 is 17.5 Å². The van der Waals surface area contributed by atoms with Gasteiger partial charge in [-0.1, -0.05) is 18.9 Å². The Morgan fingerprint density at radius 2 is 2.11 bits per heavy atom. The van der Waals surface area contributed by atoms with Gasteiger partial charge < -0.3 is 4.74 Å². The van der Waals surface area contributed by atoms with E-state index in [2.05, 4.69) is 0 Å². The highest BCUT2D eigenvalue weighted by atomic mass is 32.2. The van der Waals surface area contributed by atoms with Crippen LogP contribution in [-0.2, 0) is 0 Å². The quantitative estimate of drug-likeness (QED) is 0.589. The fourth-order valence-electron chi connectivity index (χ4n) is 2.53. The highest BCUT2D eigenvalue weighted by Gasteiger charge is 2.18. The second-order valence-electron chi connectivity index (χ2n) is 4.85. The minimum atomic E-state index is 0.0846. The number of thioether (sulfide) groups is 1. The number of hydrogen-bond donors (Lipinski definition) is 0. The molecule has 0 aromatic heterocycles. The molecule has 18 heavy (non-hydrogen) atoms. The average Bonchev–Trinajstić information content (AvgIpc) is 2.88. The number of ketones is 1. The van der Waals surface area contributed by atoms with E-state index in [-0.39, 0.29) is 5.78 Å². The summed E-state index contributed by atoms with van der Waals surface area (Å²) >= 11 is 1.80. The second kappa shape index (κ2) is 6.28. The molecule has 1 aliphatic carbocycles. The third-order valence-corrected chi connectivity index (χ3v) is 4.80. The smallest absolute Gasteiger partial charge is 0.164 e. The van der Waals surface area contributed by atoms with E-state index in [4.69, 9.17) is 4.74 Å². The molecule has 2 rings (SSSR count). The van der Waals surface area contributed by atoms with Gasteiger partial charge in [-0.05, 0) is 37.8 Å². The predicted molar refractivity (Wildman–Crippen MR) is 75.7 cm³/mol. The van der Waals surface area contributed by atoms with Gasteiger partial charge >= 0.3 is 0 Å². The van der Waals surface area contributed by atoms with Crippen molar-refractivity contribution in [3.05, 3.63) is 23.8 Å². The Morgan fingerprint density at radius 1 is 1.39 bits per heavy atom. The van der Waals surface area contributed by atoms with Crippen molar-refractivity contribution in [3.8, 4) is 5.75 Å². The molecular formula is C15H20O2S. The summed E-state index contributed by atoms with van der Waals surface area (Å²) < 4.78 is 5.28. The van der Waals surface area contributed by atoms with Gasteiger partial charge in [0.2, 0.25) is 0 Å². The maximum absolute atomic E-state index is 11.7. The first-order valence-electron chi connectivity index (χ1n) is 6.53. The van der Waals surface area contributed by atoms with Gasteiger partial charge in [-0.25, -0.2) is 0 Å². The van der Waals surface area contributed by atoms with Crippen LogP contribution in [0.5, 0.6) is 5.75 Å². The maximum Gasteiger partial charge on any atom is 0.164 e. The molecule has 1 aromatic carbocycles. The normalized spacial score (nSPS) is 15.9. The number of hydrogen-bond acceptors (Lipinski definition) is 3. The molecule has 3 heteroatoms. The van der Waals surface area contributed by atoms with Crippen molar-refractivity contribution < 1.29 is 9.53 Å². The molecule has 1 aliphatic rings. The molecule has 1 fully saturated rings. The maximum atomic E-state index is 11.7. The second-order valence-corrected chi connectivity index (χ2v) is 5.91. The minimum absolute atomic E-state index is 0.0846. The van der Waals surface area contributed by atoms with E-state index in [9.17, 15) is 4.79 Å². The molecule has 98 valence electrons. The number of ether oxygens (including phenoxy) is 1. The third kappa shape index (κ3) is 3.08. The van der Waals surface area contributed by atoms with Crippen LogP contribution in [0, 0.1) is 5.92 Å². The van der Waals surface area contributed by atoms with Crippen molar-refractivity contribution in [2.75, 3.05) is 12.9 Å². The summed E-state index contributed by atoms with van der Waals surface area (Å²) in [6, 6.07) is 5.84. The molecule has 0 N–H and O–H groups in total. The monoisotopic (exact) mass is 264 g/mol. The van der Waals surface area contributed by atoms with Crippen LogP contribution in [0.15, 0.2) is 23.1 Å². The van der Waals surface area contributed by atoms with Gasteiger partial charge in [-0.3, -0.25) is 4.79 Å². The van der Waals surface area contributed by atoms with E-state index < -0.39 is 0 Å². The van der Waals surface area contributed by atoms with E-state index in [1.54, 1.807) is 25.8 Å². The van der Waals surface area contributed by atoms with E-state index in [1.807, 2.05) is 18.2 Å². The summed E-state index contributed by atoms with van der Waals surface area (Å²) in [7, 11) is 1.62. The average molecular weight is 264 g/mol. The van der Waals surface area contributed by atoms with Gasteiger partial charge in [-0.15, -0.1) is 11.8 Å². The lowest BCUT2D eigenvalue weighted by molar-refractivity contribution is 0.101. The Labute approximate surface area is 113 Å². The van der Waals surface area contributed by atoms with Crippen LogP contribution < -0.4 is 4.74 Å². The Balaban J connectivity index is 2.13. The van der Waals surface area contributed by atoms with Crippen molar-refractivity contribution in [1.29, 1.82) is 0 Å². The molecule has 0 unspecified atom stereocenters. The van der Waals surface area contributed by atoms with Crippen molar-refractivity contribution in [1.82, 2.24) is 0 Å². The first kappa shape index (κ1) is 13.5. The number of benzene rings is 1. The summed E-state index contributed by atoms with van der Waals surface area (Å²) in [6.07, 6.45) is 5.41. The number of carbonyl (C=O) groups excluding carboxylic acids is 1. The standard InChI is InChI=1S/C15H20O2S/c1-11(16)15-13(17-2)8-5-9-14(15)18-10-12-6-3-4-7-12/h5,8-9,12H,3-4,6-7,10H2,1-2H3. The Hall–Kier alpha value is -0.960. The SMILES string of the molecule is COc1cccc(SCC2CCCC2)c1C(C)=O. The van der Waals surface area contributed by atoms with Crippen LogP contribution in [0.3, 0.4) is 0 Å². The molecule has 1 saturated carbocycles. The van der Waals surface area contributed by atoms with Gasteiger partial charge in [0.05, 0.1) is 12.7 Å². The Morgan fingerprint density at radius 3 is 2.72 bits per heavy atom. The molecule has 1 aromatic rings. The molecule has 0 heterocycles. The van der Waals surface area contributed by atoms with Gasteiger partial charge in [0.25, 0.3) is 0 Å². The summed E-state index contributed by atoms with van der Waals surface area (Å²) in [5.74, 6) is 2.72. The number of methoxy groups -OCH3 is 1. The van der Waals surface area contributed by atoms with Crippen molar-refractivity contribution in [2.45, 2.75) is 37.5 Å². The molecule has 0 radical (unpaired) electrons. The first-order valence-corrected chi connectivity index (χ1v) is 7.51. The van der Waals surface area contributed by atoms with Gasteiger partial charge in [0.1, 0.15) is 5.75 Å². The number of rotatable bonds is 5. The zero-order valence-corrected chi connectivity index (χ0v) is 11.9. The largest absolute Gasteiger partial charge is 0.496 e. The topological polar surface area (TPSA) is 26.3 Å². The molecule has 0 spiro atoms. The van der Waals surface area contributed by atoms with E-state index >= 15 is 0 Å². The molecule has 0 aliphatic heterocycles. The first-order chi connectivity index (χ1) is 8.72. The zero-order chi connectivity index (χ0) is 13.0. The fourth-order valence-corrected chi connectivity index (χ4v) is 3.85. The third-order valence-electron chi connectivity index (χ3n) is 3.51. The number of carbonyl (C=O) groups is 1. The minimum Gasteiger partial charge on any atom is -0.496 e. The van der Waals surface area contributed by atoms with Gasteiger partial charge in [0.15, 0.2) is 5.78 Å². The lowest BCUT2D eigenvalue weighted by Gasteiger charge is -2.13. The summed E-state index contributed by atoms with van der Waals surface area (Å²) in [4.78, 5) is 12.8. The Bertz CT molecular complexity index is 423. The Kier molecular flexibility index (Phi) is 4.70. The summed E-state index contributed by atoms with van der Waals surface area (Å²) in [5, 5.41) is 0.